The molecule has 0 heterocycles. The number of phenols is 1. The lowest BCUT2D eigenvalue weighted by Crippen LogP contribution is -2.11. The van der Waals surface area contributed by atoms with Gasteiger partial charge >= 0.3 is 0 Å². The van der Waals surface area contributed by atoms with E-state index in [1.807, 2.05) is 0 Å². The van der Waals surface area contributed by atoms with Gasteiger partial charge in [0.2, 0.25) is 0 Å². The summed E-state index contributed by atoms with van der Waals surface area (Å²) in [7, 11) is 0. The van der Waals surface area contributed by atoms with E-state index in [-0.39, 0.29) is 23.5 Å². The highest BCUT2D eigenvalue weighted by molar-refractivity contribution is 6.04. The standard InChI is InChI=1S/C16H12FNO3/c17-15-7-6-13(9-11(15)4-2-8-19)18-16(21)12-3-1-5-14(20)10-12/h1,3,5-7,9-10,19-20H,8H2,(H,18,21). The number of benzene rings is 2. The van der Waals surface area contributed by atoms with Gasteiger partial charge in [-0.2, -0.15) is 0 Å². The van der Waals surface area contributed by atoms with Crippen LogP contribution in [0.4, 0.5) is 10.1 Å². The molecule has 106 valence electrons. The molecular formula is C16H12FNO3. The summed E-state index contributed by atoms with van der Waals surface area (Å²) < 4.78 is 13.5. The number of anilines is 1. The lowest BCUT2D eigenvalue weighted by atomic mass is 10.1. The van der Waals surface area contributed by atoms with Gasteiger partial charge in [0.05, 0.1) is 5.56 Å². The topological polar surface area (TPSA) is 69.6 Å². The molecule has 0 saturated heterocycles. The highest BCUT2D eigenvalue weighted by atomic mass is 19.1. The summed E-state index contributed by atoms with van der Waals surface area (Å²) in [4.78, 5) is 12.0. The highest BCUT2D eigenvalue weighted by Gasteiger charge is 2.08. The Kier molecular flexibility index (Phi) is 4.54. The smallest absolute Gasteiger partial charge is 0.255 e. The summed E-state index contributed by atoms with van der Waals surface area (Å²) in [5.41, 5.74) is 0.729. The van der Waals surface area contributed by atoms with Gasteiger partial charge in [-0.3, -0.25) is 4.79 Å². The zero-order valence-electron chi connectivity index (χ0n) is 10.9. The number of halogens is 1. The number of phenolic OH excluding ortho intramolecular Hbond substituents is 1. The summed E-state index contributed by atoms with van der Waals surface area (Å²) in [6.45, 7) is -0.376. The van der Waals surface area contributed by atoms with Gasteiger partial charge in [-0.1, -0.05) is 17.9 Å². The van der Waals surface area contributed by atoms with Crippen LogP contribution in [-0.4, -0.2) is 22.7 Å². The monoisotopic (exact) mass is 285 g/mol. The Balaban J connectivity index is 2.21. The molecule has 0 fully saturated rings. The van der Waals surface area contributed by atoms with Gasteiger partial charge in [0.1, 0.15) is 18.2 Å². The first kappa shape index (κ1) is 14.6. The summed E-state index contributed by atoms with van der Waals surface area (Å²) in [6, 6.07) is 9.83. The van der Waals surface area contributed by atoms with Crippen LogP contribution in [0.25, 0.3) is 0 Å². The molecule has 0 bridgehead atoms. The molecule has 0 saturated carbocycles. The van der Waals surface area contributed by atoms with Crippen LogP contribution in [0, 0.1) is 17.7 Å². The lowest BCUT2D eigenvalue weighted by Gasteiger charge is -2.06. The molecule has 2 aromatic carbocycles. The number of aromatic hydroxyl groups is 1. The van der Waals surface area contributed by atoms with Crippen LogP contribution >= 0.6 is 0 Å². The molecule has 5 heteroatoms. The molecule has 21 heavy (non-hydrogen) atoms. The maximum absolute atomic E-state index is 13.5. The van der Waals surface area contributed by atoms with E-state index in [1.165, 1.54) is 30.3 Å². The fourth-order valence-electron chi connectivity index (χ4n) is 1.68. The van der Waals surface area contributed by atoms with Gasteiger partial charge in [0.25, 0.3) is 5.91 Å². The third-order valence-electron chi connectivity index (χ3n) is 2.63. The van der Waals surface area contributed by atoms with E-state index in [2.05, 4.69) is 17.2 Å². The zero-order valence-corrected chi connectivity index (χ0v) is 10.9. The van der Waals surface area contributed by atoms with Crippen LogP contribution < -0.4 is 5.32 Å². The fourth-order valence-corrected chi connectivity index (χ4v) is 1.68. The Labute approximate surface area is 120 Å². The van der Waals surface area contributed by atoms with Gasteiger partial charge in [0, 0.05) is 11.3 Å². The molecule has 4 nitrogen and oxygen atoms in total. The third-order valence-corrected chi connectivity index (χ3v) is 2.63. The van der Waals surface area contributed by atoms with Crippen LogP contribution in [-0.2, 0) is 0 Å². The largest absolute Gasteiger partial charge is 0.508 e. The van der Waals surface area contributed by atoms with Gasteiger partial charge in [0.15, 0.2) is 0 Å². The highest BCUT2D eigenvalue weighted by Crippen LogP contribution is 2.16. The predicted octanol–water partition coefficient (Wildman–Crippen LogP) is 2.13. The van der Waals surface area contributed by atoms with E-state index in [0.29, 0.717) is 5.69 Å². The number of carbonyl (C=O) groups is 1. The first-order valence-electron chi connectivity index (χ1n) is 6.10. The van der Waals surface area contributed by atoms with Gasteiger partial charge < -0.3 is 15.5 Å². The number of amides is 1. The van der Waals surface area contributed by atoms with Crippen LogP contribution in [0.1, 0.15) is 15.9 Å². The van der Waals surface area contributed by atoms with E-state index >= 15 is 0 Å². The van der Waals surface area contributed by atoms with Crippen molar-refractivity contribution in [2.24, 2.45) is 0 Å². The van der Waals surface area contributed by atoms with Crippen LogP contribution in [0.5, 0.6) is 5.75 Å². The normalized spacial score (nSPS) is 9.62. The van der Waals surface area contributed by atoms with E-state index in [9.17, 15) is 14.3 Å². The molecular weight excluding hydrogens is 273 g/mol. The Morgan fingerprint density at radius 1 is 1.24 bits per heavy atom. The van der Waals surface area contributed by atoms with E-state index in [0.717, 1.165) is 0 Å². The SMILES string of the molecule is O=C(Nc1ccc(F)c(C#CCO)c1)c1cccc(O)c1. The van der Waals surface area contributed by atoms with Crippen molar-refractivity contribution in [1.82, 2.24) is 0 Å². The molecule has 0 aliphatic heterocycles. The van der Waals surface area contributed by atoms with Gasteiger partial charge in [-0.05, 0) is 36.4 Å². The van der Waals surface area contributed by atoms with E-state index in [4.69, 9.17) is 5.11 Å². The third kappa shape index (κ3) is 3.81. The number of nitrogens with one attached hydrogen (secondary N) is 1. The van der Waals surface area contributed by atoms with Crippen LogP contribution in [0.3, 0.4) is 0 Å². The minimum absolute atomic E-state index is 0.0174. The zero-order chi connectivity index (χ0) is 15.2. The van der Waals surface area contributed by atoms with Crippen molar-refractivity contribution in [2.45, 2.75) is 0 Å². The van der Waals surface area contributed by atoms with Gasteiger partial charge in [-0.15, -0.1) is 0 Å². The molecule has 0 aromatic heterocycles. The average Bonchev–Trinajstić information content (AvgIpc) is 2.47. The van der Waals surface area contributed by atoms with E-state index < -0.39 is 11.7 Å². The quantitative estimate of drug-likeness (QED) is 0.740. The molecule has 0 spiro atoms. The number of aliphatic hydroxyl groups excluding tert-OH is 1. The molecule has 3 N–H and O–H groups in total. The Morgan fingerprint density at radius 3 is 2.76 bits per heavy atom. The summed E-state index contributed by atoms with van der Waals surface area (Å²) in [5, 5.41) is 20.5. The van der Waals surface area contributed by atoms with Crippen molar-refractivity contribution >= 4 is 11.6 Å². The second-order valence-corrected chi connectivity index (χ2v) is 4.16. The molecule has 0 atom stereocenters. The Bertz CT molecular complexity index is 732. The van der Waals surface area contributed by atoms with E-state index in [1.54, 1.807) is 12.1 Å². The fraction of sp³-hybridized carbons (Fsp3) is 0.0625. The van der Waals surface area contributed by atoms with Crippen molar-refractivity contribution in [1.29, 1.82) is 0 Å². The van der Waals surface area contributed by atoms with Crippen molar-refractivity contribution in [3.8, 4) is 17.6 Å². The number of aliphatic hydroxyl groups is 1. The van der Waals surface area contributed by atoms with Crippen molar-refractivity contribution < 1.29 is 19.4 Å². The second-order valence-electron chi connectivity index (χ2n) is 4.16. The minimum Gasteiger partial charge on any atom is -0.508 e. The van der Waals surface area contributed by atoms with Gasteiger partial charge in [-0.25, -0.2) is 4.39 Å². The molecule has 1 amide bonds. The minimum atomic E-state index is -0.536. The molecule has 0 aliphatic rings. The van der Waals surface area contributed by atoms with Crippen molar-refractivity contribution in [3.05, 3.63) is 59.4 Å². The first-order valence-corrected chi connectivity index (χ1v) is 6.10. The molecule has 0 unspecified atom stereocenters. The first-order chi connectivity index (χ1) is 10.1. The lowest BCUT2D eigenvalue weighted by molar-refractivity contribution is 0.102. The summed E-state index contributed by atoms with van der Waals surface area (Å²) in [6.07, 6.45) is 0. The summed E-state index contributed by atoms with van der Waals surface area (Å²) in [5.74, 6) is 3.82. The number of hydrogen-bond acceptors (Lipinski definition) is 3. The molecule has 2 aromatic rings. The molecule has 0 radical (unpaired) electrons. The Morgan fingerprint density at radius 2 is 2.05 bits per heavy atom. The number of carbonyl (C=O) groups excluding carboxylic acids is 1. The predicted molar refractivity (Wildman–Crippen MR) is 76.4 cm³/mol. The number of hydrogen-bond donors (Lipinski definition) is 3. The van der Waals surface area contributed by atoms with Crippen LogP contribution in [0.15, 0.2) is 42.5 Å². The number of rotatable bonds is 2. The maximum Gasteiger partial charge on any atom is 0.255 e. The maximum atomic E-state index is 13.5. The summed E-state index contributed by atoms with van der Waals surface area (Å²) >= 11 is 0. The van der Waals surface area contributed by atoms with Crippen molar-refractivity contribution in [3.63, 3.8) is 0 Å². The second kappa shape index (κ2) is 6.55. The molecule has 0 aliphatic carbocycles. The van der Waals surface area contributed by atoms with Crippen LogP contribution in [0.2, 0.25) is 0 Å². The molecule has 2 rings (SSSR count). The Hall–Kier alpha value is -2.84. The average molecular weight is 285 g/mol. The van der Waals surface area contributed by atoms with Crippen molar-refractivity contribution in [2.75, 3.05) is 11.9 Å².